The fourth-order valence-corrected chi connectivity index (χ4v) is 2.47. The van der Waals surface area contributed by atoms with Crippen LogP contribution in [-0.2, 0) is 14.3 Å². The Labute approximate surface area is 166 Å². The van der Waals surface area contributed by atoms with Gasteiger partial charge in [-0.2, -0.15) is 0 Å². The third-order valence-corrected chi connectivity index (χ3v) is 4.50. The minimum absolute atomic E-state index is 0.371. The van der Waals surface area contributed by atoms with Crippen LogP contribution in [0.2, 0.25) is 0 Å². The van der Waals surface area contributed by atoms with Crippen LogP contribution in [-0.4, -0.2) is 32.7 Å². The van der Waals surface area contributed by atoms with Crippen LogP contribution in [0.5, 0.6) is 11.5 Å². The quantitative estimate of drug-likeness (QED) is 0.528. The predicted octanol–water partition coefficient (Wildman–Crippen LogP) is 3.97. The van der Waals surface area contributed by atoms with E-state index in [1.165, 1.54) is 13.2 Å². The highest BCUT2D eigenvalue weighted by molar-refractivity contribution is 9.10. The molecule has 0 aliphatic rings. The van der Waals surface area contributed by atoms with Crippen LogP contribution in [0.3, 0.4) is 0 Å². The summed E-state index contributed by atoms with van der Waals surface area (Å²) in [5.41, 5.74) is 2.36. The second-order valence-corrected chi connectivity index (χ2v) is 6.42. The molecule has 0 radical (unpaired) electrons. The Morgan fingerprint density at radius 3 is 2.48 bits per heavy atom. The molecule has 0 spiro atoms. The number of esters is 1. The van der Waals surface area contributed by atoms with Gasteiger partial charge in [-0.3, -0.25) is 4.79 Å². The molecule has 2 rings (SSSR count). The minimum atomic E-state index is -0.619. The molecule has 1 N–H and O–H groups in total. The number of hydrogen-bond acceptors (Lipinski definition) is 5. The summed E-state index contributed by atoms with van der Waals surface area (Å²) in [6.45, 7) is 1.54. The maximum atomic E-state index is 11.9. The summed E-state index contributed by atoms with van der Waals surface area (Å²) in [6.07, 6.45) is 2.82. The molecule has 0 atom stereocenters. The number of benzene rings is 2. The van der Waals surface area contributed by atoms with Crippen LogP contribution in [0.15, 0.2) is 46.9 Å². The lowest BCUT2D eigenvalue weighted by Crippen LogP contribution is -2.20. The summed E-state index contributed by atoms with van der Waals surface area (Å²) in [7, 11) is 3.08. The molecule has 6 nitrogen and oxygen atoms in total. The lowest BCUT2D eigenvalue weighted by Gasteiger charge is -2.08. The third-order valence-electron chi connectivity index (χ3n) is 3.61. The van der Waals surface area contributed by atoms with Crippen molar-refractivity contribution >= 4 is 39.6 Å². The molecular weight excluding hydrogens is 414 g/mol. The first-order valence-electron chi connectivity index (χ1n) is 8.06. The van der Waals surface area contributed by atoms with Crippen LogP contribution >= 0.6 is 15.9 Å². The largest absolute Gasteiger partial charge is 0.493 e. The normalized spacial score (nSPS) is 10.5. The van der Waals surface area contributed by atoms with Gasteiger partial charge in [0.1, 0.15) is 0 Å². The number of hydrogen-bond donors (Lipinski definition) is 1. The molecule has 0 aromatic heterocycles. The Morgan fingerprint density at radius 2 is 1.81 bits per heavy atom. The molecule has 142 valence electrons. The van der Waals surface area contributed by atoms with Crippen molar-refractivity contribution in [2.75, 3.05) is 26.1 Å². The zero-order valence-electron chi connectivity index (χ0n) is 15.2. The van der Waals surface area contributed by atoms with Crippen LogP contribution in [0, 0.1) is 6.92 Å². The van der Waals surface area contributed by atoms with Crippen molar-refractivity contribution < 1.29 is 23.8 Å². The van der Waals surface area contributed by atoms with Gasteiger partial charge in [-0.1, -0.05) is 22.0 Å². The number of rotatable bonds is 7. The van der Waals surface area contributed by atoms with Crippen molar-refractivity contribution in [3.05, 3.63) is 58.1 Å². The molecule has 27 heavy (non-hydrogen) atoms. The molecule has 0 bridgehead atoms. The second kappa shape index (κ2) is 9.78. The molecule has 0 fully saturated rings. The maximum absolute atomic E-state index is 11.9. The Kier molecular flexibility index (Phi) is 7.43. The summed E-state index contributed by atoms with van der Waals surface area (Å²) in [6, 6.07) is 10.6. The van der Waals surface area contributed by atoms with Gasteiger partial charge in [-0.15, -0.1) is 0 Å². The number of halogens is 1. The Balaban J connectivity index is 1.87. The Bertz CT molecular complexity index is 863. The summed E-state index contributed by atoms with van der Waals surface area (Å²) in [4.78, 5) is 23.7. The highest BCUT2D eigenvalue weighted by atomic mass is 79.9. The number of methoxy groups -OCH3 is 2. The van der Waals surface area contributed by atoms with Crippen molar-refractivity contribution in [3.8, 4) is 11.5 Å². The van der Waals surface area contributed by atoms with Gasteiger partial charge in [-0.05, 0) is 54.5 Å². The lowest BCUT2D eigenvalue weighted by molar-refractivity contribution is -0.142. The van der Waals surface area contributed by atoms with Crippen LogP contribution in [0.25, 0.3) is 6.08 Å². The molecule has 7 heteroatoms. The SMILES string of the molecule is COc1ccc(C=CC(=O)OCC(=O)Nc2ccc(Br)c(C)c2)cc1OC. The molecule has 2 aromatic carbocycles. The fraction of sp³-hybridized carbons (Fsp3) is 0.200. The first-order valence-corrected chi connectivity index (χ1v) is 8.85. The topological polar surface area (TPSA) is 73.9 Å². The van der Waals surface area contributed by atoms with Crippen molar-refractivity contribution in [1.29, 1.82) is 0 Å². The molecule has 2 aromatic rings. The molecule has 0 saturated carbocycles. The Hall–Kier alpha value is -2.80. The van der Waals surface area contributed by atoms with Crippen LogP contribution < -0.4 is 14.8 Å². The van der Waals surface area contributed by atoms with Crippen molar-refractivity contribution in [2.45, 2.75) is 6.92 Å². The highest BCUT2D eigenvalue weighted by Crippen LogP contribution is 2.28. The minimum Gasteiger partial charge on any atom is -0.493 e. The number of amides is 1. The average Bonchev–Trinajstić information content (AvgIpc) is 2.67. The third kappa shape index (κ3) is 6.14. The molecule has 0 saturated heterocycles. The van der Waals surface area contributed by atoms with Gasteiger partial charge in [0.15, 0.2) is 18.1 Å². The van der Waals surface area contributed by atoms with E-state index >= 15 is 0 Å². The highest BCUT2D eigenvalue weighted by Gasteiger charge is 2.07. The van der Waals surface area contributed by atoms with E-state index in [4.69, 9.17) is 14.2 Å². The second-order valence-electron chi connectivity index (χ2n) is 5.57. The first kappa shape index (κ1) is 20.5. The van der Waals surface area contributed by atoms with E-state index in [2.05, 4.69) is 21.2 Å². The van der Waals surface area contributed by atoms with E-state index in [-0.39, 0.29) is 6.61 Å². The number of carbonyl (C=O) groups is 2. The van der Waals surface area contributed by atoms with E-state index in [9.17, 15) is 9.59 Å². The number of anilines is 1. The van der Waals surface area contributed by atoms with Crippen molar-refractivity contribution in [1.82, 2.24) is 0 Å². The maximum Gasteiger partial charge on any atom is 0.331 e. The van der Waals surface area contributed by atoms with E-state index in [0.29, 0.717) is 17.2 Å². The summed E-state index contributed by atoms with van der Waals surface area (Å²) < 4.78 is 16.3. The average molecular weight is 434 g/mol. The Morgan fingerprint density at radius 1 is 1.07 bits per heavy atom. The van der Waals surface area contributed by atoms with Gasteiger partial charge in [-0.25, -0.2) is 4.79 Å². The van der Waals surface area contributed by atoms with E-state index in [1.807, 2.05) is 19.1 Å². The number of aryl methyl sites for hydroxylation is 1. The monoisotopic (exact) mass is 433 g/mol. The lowest BCUT2D eigenvalue weighted by atomic mass is 10.2. The van der Waals surface area contributed by atoms with Gasteiger partial charge in [0.05, 0.1) is 14.2 Å². The van der Waals surface area contributed by atoms with Crippen LogP contribution in [0.4, 0.5) is 5.69 Å². The zero-order valence-corrected chi connectivity index (χ0v) is 16.8. The van der Waals surface area contributed by atoms with E-state index < -0.39 is 11.9 Å². The summed E-state index contributed by atoms with van der Waals surface area (Å²) in [5, 5.41) is 2.68. The predicted molar refractivity (Wildman–Crippen MR) is 107 cm³/mol. The molecule has 1 amide bonds. The van der Waals surface area contributed by atoms with Gasteiger partial charge in [0.25, 0.3) is 5.91 Å². The van der Waals surface area contributed by atoms with Gasteiger partial charge in [0, 0.05) is 16.2 Å². The van der Waals surface area contributed by atoms with Gasteiger partial charge in [0.2, 0.25) is 0 Å². The molecule has 0 aliphatic carbocycles. The zero-order chi connectivity index (χ0) is 19.8. The van der Waals surface area contributed by atoms with Gasteiger partial charge < -0.3 is 19.5 Å². The van der Waals surface area contributed by atoms with E-state index in [0.717, 1.165) is 15.6 Å². The summed E-state index contributed by atoms with van der Waals surface area (Å²) in [5.74, 6) is 0.116. The van der Waals surface area contributed by atoms with Crippen molar-refractivity contribution in [3.63, 3.8) is 0 Å². The fourth-order valence-electron chi connectivity index (χ4n) is 2.23. The van der Waals surface area contributed by atoms with Gasteiger partial charge >= 0.3 is 5.97 Å². The standard InChI is InChI=1S/C20H20BrNO5/c1-13-10-15(6-7-16(13)21)22-19(23)12-27-20(24)9-5-14-4-8-17(25-2)18(11-14)26-3/h4-11H,12H2,1-3H3,(H,22,23). The number of nitrogens with one attached hydrogen (secondary N) is 1. The van der Waals surface area contributed by atoms with E-state index in [1.54, 1.807) is 37.5 Å². The van der Waals surface area contributed by atoms with Crippen molar-refractivity contribution in [2.24, 2.45) is 0 Å². The first-order chi connectivity index (χ1) is 12.9. The number of carbonyl (C=O) groups excluding carboxylic acids is 2. The molecule has 0 aliphatic heterocycles. The van der Waals surface area contributed by atoms with Crippen LogP contribution in [0.1, 0.15) is 11.1 Å². The smallest absolute Gasteiger partial charge is 0.331 e. The molecular formula is C20H20BrNO5. The summed E-state index contributed by atoms with van der Waals surface area (Å²) >= 11 is 3.39. The molecule has 0 heterocycles. The molecule has 0 unspecified atom stereocenters. The number of ether oxygens (including phenoxy) is 3.